The Labute approximate surface area is 137 Å². The molecule has 120 valence electrons. The summed E-state index contributed by atoms with van der Waals surface area (Å²) >= 11 is 0. The maximum absolute atomic E-state index is 9.12. The third kappa shape index (κ3) is 2.64. The number of dihydropyridines is 1. The van der Waals surface area contributed by atoms with Crippen LogP contribution < -0.4 is 0 Å². The molecule has 0 saturated carbocycles. The zero-order valence-electron chi connectivity index (χ0n) is 13.4. The van der Waals surface area contributed by atoms with Gasteiger partial charge in [-0.15, -0.1) is 0 Å². The molecule has 23 heavy (non-hydrogen) atoms. The van der Waals surface area contributed by atoms with Gasteiger partial charge in [0.1, 0.15) is 6.61 Å². The molecule has 1 aliphatic carbocycles. The molecule has 3 aliphatic heterocycles. The molecule has 4 aliphatic rings. The van der Waals surface area contributed by atoms with Crippen molar-refractivity contribution in [2.75, 3.05) is 19.7 Å². The molecule has 0 amide bonds. The summed E-state index contributed by atoms with van der Waals surface area (Å²) < 4.78 is 6.22. The van der Waals surface area contributed by atoms with Crippen molar-refractivity contribution in [3.8, 4) is 6.07 Å². The fourth-order valence-electron chi connectivity index (χ4n) is 4.43. The van der Waals surface area contributed by atoms with E-state index in [0.717, 1.165) is 5.57 Å². The van der Waals surface area contributed by atoms with Crippen molar-refractivity contribution in [3.63, 3.8) is 0 Å². The Bertz CT molecular complexity index is 627. The number of nitrogens with zero attached hydrogens (tertiary/aromatic N) is 3. The number of hydrogen-bond acceptors (Lipinski definition) is 4. The predicted octanol–water partition coefficient (Wildman–Crippen LogP) is 2.99. The second kappa shape index (κ2) is 5.98. The summed E-state index contributed by atoms with van der Waals surface area (Å²) in [5.41, 5.74) is 1.17. The fraction of sp³-hybridized carbons (Fsp3) is 0.579. The largest absolute Gasteiger partial charge is 0.476 e. The first-order valence-corrected chi connectivity index (χ1v) is 8.69. The van der Waals surface area contributed by atoms with Crippen LogP contribution in [0.15, 0.2) is 40.9 Å². The summed E-state index contributed by atoms with van der Waals surface area (Å²) in [6, 6.07) is 2.38. The quantitative estimate of drug-likeness (QED) is 0.805. The summed E-state index contributed by atoms with van der Waals surface area (Å²) in [6.07, 6.45) is 15.9. The lowest BCUT2D eigenvalue weighted by Gasteiger charge is -2.33. The highest BCUT2D eigenvalue weighted by atomic mass is 16.5. The number of nitriles is 1. The van der Waals surface area contributed by atoms with Crippen LogP contribution in [-0.2, 0) is 4.74 Å². The summed E-state index contributed by atoms with van der Waals surface area (Å²) in [5.74, 6) is 0.962. The van der Waals surface area contributed by atoms with Gasteiger partial charge in [0.05, 0.1) is 24.1 Å². The van der Waals surface area contributed by atoms with Crippen LogP contribution in [0.25, 0.3) is 0 Å². The van der Waals surface area contributed by atoms with Gasteiger partial charge in [0.15, 0.2) is 0 Å². The molecule has 2 unspecified atom stereocenters. The van der Waals surface area contributed by atoms with Gasteiger partial charge in [-0.05, 0) is 38.8 Å². The van der Waals surface area contributed by atoms with Crippen LogP contribution in [-0.4, -0.2) is 42.1 Å². The highest BCUT2D eigenvalue weighted by molar-refractivity contribution is 5.95. The number of fused-ring (bicyclic) bond motifs is 2. The second-order valence-corrected chi connectivity index (χ2v) is 7.01. The van der Waals surface area contributed by atoms with Crippen LogP contribution in [0.5, 0.6) is 0 Å². The van der Waals surface area contributed by atoms with Gasteiger partial charge in [0.2, 0.25) is 5.90 Å². The lowest BCUT2D eigenvalue weighted by atomic mass is 9.90. The SMILES string of the molecule is N#CCC1=CC2C=CC=CC2N=C1OCC12CCCN1CCC2. The number of aliphatic imine (C=N–C) groups is 1. The molecule has 2 saturated heterocycles. The molecule has 2 atom stereocenters. The number of rotatable bonds is 3. The average Bonchev–Trinajstić information content (AvgIpc) is 3.13. The van der Waals surface area contributed by atoms with Crippen molar-refractivity contribution >= 4 is 5.90 Å². The maximum atomic E-state index is 9.12. The Morgan fingerprint density at radius 2 is 2.04 bits per heavy atom. The molecule has 4 rings (SSSR count). The Kier molecular flexibility index (Phi) is 3.82. The van der Waals surface area contributed by atoms with Gasteiger partial charge >= 0.3 is 0 Å². The standard InChI is InChI=1S/C19H23N3O/c20-10-7-16-13-15-5-1-2-6-17(15)21-18(16)23-14-19-8-3-11-22(19)12-4-9-19/h1-2,5-6,13,15,17H,3-4,7-9,11-12,14H2. The average molecular weight is 309 g/mol. The normalized spacial score (nSPS) is 31.1. The molecule has 4 heteroatoms. The summed E-state index contributed by atoms with van der Waals surface area (Å²) in [4.78, 5) is 7.39. The maximum Gasteiger partial charge on any atom is 0.213 e. The lowest BCUT2D eigenvalue weighted by Crippen LogP contribution is -2.43. The Morgan fingerprint density at radius 3 is 2.83 bits per heavy atom. The molecule has 0 radical (unpaired) electrons. The zero-order valence-corrected chi connectivity index (χ0v) is 13.4. The van der Waals surface area contributed by atoms with E-state index in [9.17, 15) is 0 Å². The Hall–Kier alpha value is -1.86. The van der Waals surface area contributed by atoms with Gasteiger partial charge in [-0.25, -0.2) is 4.99 Å². The summed E-state index contributed by atoms with van der Waals surface area (Å²) in [6.45, 7) is 3.12. The molecule has 0 aromatic rings. The number of ether oxygens (including phenoxy) is 1. The first-order valence-electron chi connectivity index (χ1n) is 8.69. The van der Waals surface area contributed by atoms with Crippen molar-refractivity contribution in [1.29, 1.82) is 5.26 Å². The predicted molar refractivity (Wildman–Crippen MR) is 90.0 cm³/mol. The second-order valence-electron chi connectivity index (χ2n) is 7.01. The van der Waals surface area contributed by atoms with E-state index in [4.69, 9.17) is 15.0 Å². The smallest absolute Gasteiger partial charge is 0.213 e. The van der Waals surface area contributed by atoms with E-state index < -0.39 is 0 Å². The van der Waals surface area contributed by atoms with Crippen molar-refractivity contribution in [3.05, 3.63) is 36.0 Å². The van der Waals surface area contributed by atoms with Crippen molar-refractivity contribution in [1.82, 2.24) is 4.90 Å². The van der Waals surface area contributed by atoms with E-state index in [-0.39, 0.29) is 17.5 Å². The molecule has 0 aromatic heterocycles. The van der Waals surface area contributed by atoms with E-state index in [1.165, 1.54) is 38.8 Å². The summed E-state index contributed by atoms with van der Waals surface area (Å²) in [5, 5.41) is 9.12. The van der Waals surface area contributed by atoms with E-state index in [0.29, 0.717) is 18.9 Å². The van der Waals surface area contributed by atoms with E-state index in [1.807, 2.05) is 6.08 Å². The van der Waals surface area contributed by atoms with Crippen LogP contribution in [0.2, 0.25) is 0 Å². The van der Waals surface area contributed by atoms with E-state index >= 15 is 0 Å². The first-order chi connectivity index (χ1) is 11.3. The van der Waals surface area contributed by atoms with Crippen molar-refractivity contribution < 1.29 is 4.74 Å². The van der Waals surface area contributed by atoms with Crippen LogP contribution in [0.1, 0.15) is 32.1 Å². The molecule has 0 aromatic carbocycles. The van der Waals surface area contributed by atoms with E-state index in [2.05, 4.69) is 35.3 Å². The minimum Gasteiger partial charge on any atom is -0.476 e. The fourth-order valence-corrected chi connectivity index (χ4v) is 4.43. The molecule has 3 heterocycles. The molecular weight excluding hydrogens is 286 g/mol. The van der Waals surface area contributed by atoms with Crippen LogP contribution in [0, 0.1) is 17.2 Å². The molecule has 4 nitrogen and oxygen atoms in total. The third-order valence-electron chi connectivity index (χ3n) is 5.64. The molecule has 2 fully saturated rings. The molecule has 0 spiro atoms. The molecule has 0 N–H and O–H groups in total. The number of hydrogen-bond donors (Lipinski definition) is 0. The van der Waals surface area contributed by atoms with Gasteiger partial charge in [-0.3, -0.25) is 4.90 Å². The van der Waals surface area contributed by atoms with Gasteiger partial charge in [0.25, 0.3) is 0 Å². The summed E-state index contributed by atoms with van der Waals surface area (Å²) in [7, 11) is 0. The van der Waals surface area contributed by atoms with Gasteiger partial charge < -0.3 is 4.74 Å². The highest BCUT2D eigenvalue weighted by Gasteiger charge is 2.45. The van der Waals surface area contributed by atoms with Crippen molar-refractivity contribution in [2.24, 2.45) is 10.9 Å². The highest BCUT2D eigenvalue weighted by Crippen LogP contribution is 2.39. The number of allylic oxidation sites excluding steroid dienone is 2. The molecular formula is C19H23N3O. The minimum absolute atomic E-state index is 0.123. The molecule has 0 bridgehead atoms. The van der Waals surface area contributed by atoms with Crippen LogP contribution in [0.4, 0.5) is 0 Å². The Balaban J connectivity index is 1.51. The van der Waals surface area contributed by atoms with Crippen molar-refractivity contribution in [2.45, 2.75) is 43.7 Å². The zero-order chi connectivity index (χ0) is 15.7. The third-order valence-corrected chi connectivity index (χ3v) is 5.64. The lowest BCUT2D eigenvalue weighted by molar-refractivity contribution is 0.106. The van der Waals surface area contributed by atoms with Gasteiger partial charge in [-0.1, -0.05) is 30.4 Å². The van der Waals surface area contributed by atoms with E-state index in [1.54, 1.807) is 0 Å². The Morgan fingerprint density at radius 1 is 1.26 bits per heavy atom. The monoisotopic (exact) mass is 309 g/mol. The van der Waals surface area contributed by atoms with Crippen LogP contribution >= 0.6 is 0 Å². The topological polar surface area (TPSA) is 48.6 Å². The van der Waals surface area contributed by atoms with Gasteiger partial charge in [0, 0.05) is 11.5 Å². The minimum atomic E-state index is 0.123. The van der Waals surface area contributed by atoms with Gasteiger partial charge in [-0.2, -0.15) is 5.26 Å². The first kappa shape index (κ1) is 14.7. The van der Waals surface area contributed by atoms with Crippen LogP contribution in [0.3, 0.4) is 0 Å².